The highest BCUT2D eigenvalue weighted by Gasteiger charge is 2.15. The largest absolute Gasteiger partial charge is 0.465 e. The predicted molar refractivity (Wildman–Crippen MR) is 99.6 cm³/mol. The van der Waals surface area contributed by atoms with Crippen molar-refractivity contribution in [1.82, 2.24) is 0 Å². The summed E-state index contributed by atoms with van der Waals surface area (Å²) < 4.78 is 11.6. The van der Waals surface area contributed by atoms with E-state index in [1.807, 2.05) is 0 Å². The monoisotopic (exact) mass is 324 g/mol. The van der Waals surface area contributed by atoms with Gasteiger partial charge in [-0.25, -0.2) is 0 Å². The van der Waals surface area contributed by atoms with E-state index < -0.39 is 0 Å². The lowest BCUT2D eigenvalue weighted by molar-refractivity contribution is -0.105. The number of hydrogen-bond donors (Lipinski definition) is 0. The number of rotatable bonds is 5. The Morgan fingerprint density at radius 1 is 1.08 bits per heavy atom. The van der Waals surface area contributed by atoms with Crippen LogP contribution in [0.4, 0.5) is 0 Å². The molecule has 0 aromatic heterocycles. The summed E-state index contributed by atoms with van der Waals surface area (Å²) in [6.45, 7) is 7.51. The van der Waals surface area contributed by atoms with Crippen LogP contribution in [0, 0.1) is 0 Å². The van der Waals surface area contributed by atoms with Crippen LogP contribution in [0.5, 0.6) is 5.75 Å². The van der Waals surface area contributed by atoms with Crippen LogP contribution >= 0.6 is 0 Å². The number of aryl methyl sites for hydroxylation is 1. The smallest absolute Gasteiger partial charge is 0.199 e. The predicted octanol–water partition coefficient (Wildman–Crippen LogP) is 5.94. The van der Waals surface area contributed by atoms with Gasteiger partial charge in [0, 0.05) is 6.42 Å². The Kier molecular flexibility index (Phi) is 5.57. The normalized spacial score (nSPS) is 17.9. The third-order valence-electron chi connectivity index (χ3n) is 4.75. The summed E-state index contributed by atoms with van der Waals surface area (Å²) in [5, 5.41) is 0. The molecule has 0 amide bonds. The summed E-state index contributed by atoms with van der Waals surface area (Å²) in [6.07, 6.45) is 4.27. The van der Waals surface area contributed by atoms with Gasteiger partial charge < -0.3 is 9.47 Å². The molecule has 0 bridgehead atoms. The second-order valence-corrected chi connectivity index (χ2v) is 6.86. The van der Waals surface area contributed by atoms with Crippen LogP contribution in [0.15, 0.2) is 42.5 Å². The molecule has 2 aromatic carbocycles. The van der Waals surface area contributed by atoms with Gasteiger partial charge in [0.25, 0.3) is 0 Å². The summed E-state index contributed by atoms with van der Waals surface area (Å²) >= 11 is 0. The number of ether oxygens (including phenoxy) is 2. The second kappa shape index (κ2) is 7.85. The van der Waals surface area contributed by atoms with E-state index >= 15 is 0 Å². The van der Waals surface area contributed by atoms with Crippen molar-refractivity contribution in [3.05, 3.63) is 53.6 Å². The van der Waals surface area contributed by atoms with Crippen molar-refractivity contribution >= 4 is 0 Å². The molecule has 2 nitrogen and oxygen atoms in total. The molecule has 1 unspecified atom stereocenters. The maximum absolute atomic E-state index is 5.94. The Morgan fingerprint density at radius 3 is 2.50 bits per heavy atom. The van der Waals surface area contributed by atoms with Crippen LogP contribution in [0.1, 0.15) is 57.1 Å². The van der Waals surface area contributed by atoms with Gasteiger partial charge in [0.1, 0.15) is 5.75 Å². The average molecular weight is 324 g/mol. The van der Waals surface area contributed by atoms with Crippen molar-refractivity contribution in [3.8, 4) is 16.9 Å². The maximum Gasteiger partial charge on any atom is 0.199 e. The first-order valence-electron chi connectivity index (χ1n) is 9.19. The zero-order valence-corrected chi connectivity index (χ0v) is 15.0. The molecule has 1 fully saturated rings. The summed E-state index contributed by atoms with van der Waals surface area (Å²) in [6, 6.07) is 15.3. The highest BCUT2D eigenvalue weighted by molar-refractivity contribution is 5.69. The topological polar surface area (TPSA) is 18.5 Å². The average Bonchev–Trinajstić information content (AvgIpc) is 2.62. The highest BCUT2D eigenvalue weighted by atomic mass is 16.7. The van der Waals surface area contributed by atoms with Crippen LogP contribution in [0.2, 0.25) is 0 Å². The zero-order chi connectivity index (χ0) is 16.9. The molecule has 2 heteroatoms. The second-order valence-electron chi connectivity index (χ2n) is 6.86. The van der Waals surface area contributed by atoms with E-state index in [4.69, 9.17) is 9.47 Å². The van der Waals surface area contributed by atoms with E-state index in [1.54, 1.807) is 0 Å². The zero-order valence-electron chi connectivity index (χ0n) is 15.0. The molecule has 0 aliphatic carbocycles. The molecule has 1 atom stereocenters. The lowest BCUT2D eigenvalue weighted by Crippen LogP contribution is -2.24. The summed E-state index contributed by atoms with van der Waals surface area (Å²) in [4.78, 5) is 0. The van der Waals surface area contributed by atoms with Crippen LogP contribution in [-0.4, -0.2) is 12.9 Å². The Morgan fingerprint density at radius 2 is 1.88 bits per heavy atom. The van der Waals surface area contributed by atoms with Crippen molar-refractivity contribution in [1.29, 1.82) is 0 Å². The van der Waals surface area contributed by atoms with E-state index in [9.17, 15) is 0 Å². The molecular weight excluding hydrogens is 296 g/mol. The first-order chi connectivity index (χ1) is 11.7. The Hall–Kier alpha value is -1.80. The minimum Gasteiger partial charge on any atom is -0.465 e. The molecular formula is C22H28O2. The molecule has 1 aliphatic rings. The fourth-order valence-corrected chi connectivity index (χ4v) is 3.20. The van der Waals surface area contributed by atoms with E-state index in [0.717, 1.165) is 31.6 Å². The minimum absolute atomic E-state index is 0.0833. The summed E-state index contributed by atoms with van der Waals surface area (Å²) in [5.74, 6) is 1.43. The highest BCUT2D eigenvalue weighted by Crippen LogP contribution is 2.30. The molecule has 1 saturated heterocycles. The van der Waals surface area contributed by atoms with Gasteiger partial charge in [0.2, 0.25) is 0 Å². The van der Waals surface area contributed by atoms with E-state index in [0.29, 0.717) is 5.92 Å². The Balaban J connectivity index is 1.80. The molecule has 0 radical (unpaired) electrons. The van der Waals surface area contributed by atoms with Crippen molar-refractivity contribution in [2.24, 2.45) is 0 Å². The van der Waals surface area contributed by atoms with E-state index in [2.05, 4.69) is 63.2 Å². The van der Waals surface area contributed by atoms with Crippen LogP contribution < -0.4 is 4.74 Å². The molecule has 1 aliphatic heterocycles. The molecule has 0 N–H and O–H groups in total. The van der Waals surface area contributed by atoms with Gasteiger partial charge in [0.15, 0.2) is 6.29 Å². The molecule has 24 heavy (non-hydrogen) atoms. The first-order valence-corrected chi connectivity index (χ1v) is 9.19. The lowest BCUT2D eigenvalue weighted by Gasteiger charge is -2.23. The molecule has 0 saturated carbocycles. The van der Waals surface area contributed by atoms with Gasteiger partial charge >= 0.3 is 0 Å². The maximum atomic E-state index is 5.94. The number of benzene rings is 2. The van der Waals surface area contributed by atoms with E-state index in [1.165, 1.54) is 28.7 Å². The molecule has 2 aromatic rings. The standard InChI is InChI=1S/C22H28O2/c1-4-17-8-9-19(16(2)3)15-21(17)18-10-12-20(13-11-18)24-22-7-5-6-14-23-22/h8-13,15-16,22H,4-7,14H2,1-3H3. The van der Waals surface area contributed by atoms with Gasteiger partial charge in [-0.1, -0.05) is 51.1 Å². The Bertz CT molecular complexity index is 652. The SMILES string of the molecule is CCc1ccc(C(C)C)cc1-c1ccc(OC2CCCCO2)cc1. The first kappa shape index (κ1) is 17.0. The van der Waals surface area contributed by atoms with E-state index in [-0.39, 0.29) is 6.29 Å². The number of hydrogen-bond acceptors (Lipinski definition) is 2. The fourth-order valence-electron chi connectivity index (χ4n) is 3.20. The molecule has 3 rings (SSSR count). The van der Waals surface area contributed by atoms with Gasteiger partial charge in [-0.3, -0.25) is 0 Å². The van der Waals surface area contributed by atoms with Crippen LogP contribution in [-0.2, 0) is 11.2 Å². The molecule has 128 valence electrons. The molecule has 1 heterocycles. The van der Waals surface area contributed by atoms with Crippen LogP contribution in [0.3, 0.4) is 0 Å². The van der Waals surface area contributed by atoms with Gasteiger partial charge in [0.05, 0.1) is 6.61 Å². The molecule has 0 spiro atoms. The van der Waals surface area contributed by atoms with Crippen molar-refractivity contribution in [3.63, 3.8) is 0 Å². The van der Waals surface area contributed by atoms with Gasteiger partial charge in [-0.2, -0.15) is 0 Å². The summed E-state index contributed by atoms with van der Waals surface area (Å²) in [7, 11) is 0. The fraction of sp³-hybridized carbons (Fsp3) is 0.455. The van der Waals surface area contributed by atoms with Crippen molar-refractivity contribution in [2.45, 2.75) is 58.7 Å². The van der Waals surface area contributed by atoms with Crippen molar-refractivity contribution < 1.29 is 9.47 Å². The third-order valence-corrected chi connectivity index (χ3v) is 4.75. The lowest BCUT2D eigenvalue weighted by atomic mass is 9.92. The summed E-state index contributed by atoms with van der Waals surface area (Å²) in [5.41, 5.74) is 5.37. The van der Waals surface area contributed by atoms with Gasteiger partial charge in [-0.05, 0) is 59.6 Å². The van der Waals surface area contributed by atoms with Crippen molar-refractivity contribution in [2.75, 3.05) is 6.61 Å². The third kappa shape index (κ3) is 3.99. The Labute approximate surface area is 145 Å². The quantitative estimate of drug-likeness (QED) is 0.677. The minimum atomic E-state index is -0.0833. The van der Waals surface area contributed by atoms with Crippen LogP contribution in [0.25, 0.3) is 11.1 Å². The van der Waals surface area contributed by atoms with Gasteiger partial charge in [-0.15, -0.1) is 0 Å².